The summed E-state index contributed by atoms with van der Waals surface area (Å²) in [5.74, 6) is -0.0460. The van der Waals surface area contributed by atoms with Crippen LogP contribution in [0, 0.1) is 5.82 Å². The summed E-state index contributed by atoms with van der Waals surface area (Å²) in [5.41, 5.74) is 0.381. The molecule has 0 bridgehead atoms. The molecule has 3 rings (SSSR count). The molecule has 1 amide bonds. The monoisotopic (exact) mass is 322 g/mol. The van der Waals surface area contributed by atoms with Crippen molar-refractivity contribution in [2.75, 3.05) is 25.1 Å². The predicted octanol–water partition coefficient (Wildman–Crippen LogP) is 2.46. The molecule has 2 aliphatic heterocycles. The molecular weight excluding hydrogens is 299 g/mol. The average molecular weight is 322 g/mol. The summed E-state index contributed by atoms with van der Waals surface area (Å²) in [6, 6.07) is 4.39. The fourth-order valence-electron chi connectivity index (χ4n) is 3.04. The first-order valence-electron chi connectivity index (χ1n) is 8.28. The van der Waals surface area contributed by atoms with Crippen LogP contribution in [-0.2, 0) is 9.53 Å². The van der Waals surface area contributed by atoms with Gasteiger partial charge >= 0.3 is 0 Å². The lowest BCUT2D eigenvalue weighted by Gasteiger charge is -2.16. The zero-order valence-electron chi connectivity index (χ0n) is 13.1. The molecule has 23 heavy (non-hydrogen) atoms. The van der Waals surface area contributed by atoms with Gasteiger partial charge in [0.1, 0.15) is 18.2 Å². The minimum atomic E-state index is -0.399. The lowest BCUT2D eigenvalue weighted by Crippen LogP contribution is -2.27. The van der Waals surface area contributed by atoms with Gasteiger partial charge < -0.3 is 20.1 Å². The number of anilines is 1. The Kier molecular flexibility index (Phi) is 5.46. The highest BCUT2D eigenvalue weighted by Crippen LogP contribution is 2.27. The van der Waals surface area contributed by atoms with E-state index in [0.29, 0.717) is 24.5 Å². The van der Waals surface area contributed by atoms with Crippen LogP contribution >= 0.6 is 0 Å². The van der Waals surface area contributed by atoms with Crippen molar-refractivity contribution in [3.8, 4) is 5.75 Å². The Bertz CT molecular complexity index is 541. The van der Waals surface area contributed by atoms with E-state index >= 15 is 0 Å². The Hall–Kier alpha value is -1.66. The van der Waals surface area contributed by atoms with Crippen molar-refractivity contribution in [2.45, 2.75) is 44.2 Å². The van der Waals surface area contributed by atoms with Crippen LogP contribution < -0.4 is 15.4 Å². The van der Waals surface area contributed by atoms with E-state index < -0.39 is 5.82 Å². The fraction of sp³-hybridized carbons (Fsp3) is 0.588. The highest BCUT2D eigenvalue weighted by atomic mass is 19.1. The van der Waals surface area contributed by atoms with Crippen LogP contribution in [0.25, 0.3) is 0 Å². The Morgan fingerprint density at radius 2 is 2.30 bits per heavy atom. The standard InChI is InChI=1S/C17H23FN2O3/c18-12-5-6-16(23-11-14-4-2-8-22-14)15(9-12)20-17(21)10-13-3-1-7-19-13/h5-6,9,13-14,19H,1-4,7-8,10-11H2,(H,20,21). The lowest BCUT2D eigenvalue weighted by molar-refractivity contribution is -0.116. The number of halogens is 1. The molecular formula is C17H23FN2O3. The normalized spacial score (nSPS) is 23.9. The number of benzene rings is 1. The minimum Gasteiger partial charge on any atom is -0.489 e. The highest BCUT2D eigenvalue weighted by Gasteiger charge is 2.20. The van der Waals surface area contributed by atoms with E-state index in [0.717, 1.165) is 38.8 Å². The first-order chi connectivity index (χ1) is 11.2. The van der Waals surface area contributed by atoms with Gasteiger partial charge in [-0.25, -0.2) is 4.39 Å². The third kappa shape index (κ3) is 4.65. The summed E-state index contributed by atoms with van der Waals surface area (Å²) >= 11 is 0. The number of carbonyl (C=O) groups is 1. The van der Waals surface area contributed by atoms with E-state index in [9.17, 15) is 9.18 Å². The molecule has 0 radical (unpaired) electrons. The molecule has 0 aromatic heterocycles. The Morgan fingerprint density at radius 3 is 3.04 bits per heavy atom. The van der Waals surface area contributed by atoms with Gasteiger partial charge in [0, 0.05) is 25.1 Å². The van der Waals surface area contributed by atoms with E-state index in [1.54, 1.807) is 6.07 Å². The summed E-state index contributed by atoms with van der Waals surface area (Å²) in [6.45, 7) is 2.13. The number of amides is 1. The van der Waals surface area contributed by atoms with Gasteiger partial charge in [-0.05, 0) is 44.4 Å². The topological polar surface area (TPSA) is 59.6 Å². The molecule has 1 aromatic carbocycles. The smallest absolute Gasteiger partial charge is 0.226 e. The van der Waals surface area contributed by atoms with Gasteiger partial charge in [0.25, 0.3) is 0 Å². The van der Waals surface area contributed by atoms with Crippen LogP contribution in [0.1, 0.15) is 32.1 Å². The van der Waals surface area contributed by atoms with Gasteiger partial charge in [-0.3, -0.25) is 4.79 Å². The zero-order chi connectivity index (χ0) is 16.1. The molecule has 6 heteroatoms. The molecule has 0 aliphatic carbocycles. The summed E-state index contributed by atoms with van der Waals surface area (Å²) in [7, 11) is 0. The third-order valence-corrected chi connectivity index (χ3v) is 4.26. The van der Waals surface area contributed by atoms with Gasteiger partial charge in [-0.2, -0.15) is 0 Å². The third-order valence-electron chi connectivity index (χ3n) is 4.26. The van der Waals surface area contributed by atoms with E-state index in [2.05, 4.69) is 10.6 Å². The largest absolute Gasteiger partial charge is 0.489 e. The molecule has 2 atom stereocenters. The average Bonchev–Trinajstić information content (AvgIpc) is 3.19. The minimum absolute atomic E-state index is 0.0753. The number of hydrogen-bond donors (Lipinski definition) is 2. The maximum Gasteiger partial charge on any atom is 0.226 e. The molecule has 5 nitrogen and oxygen atoms in total. The molecule has 2 unspecified atom stereocenters. The van der Waals surface area contributed by atoms with Crippen LogP contribution in [0.5, 0.6) is 5.75 Å². The van der Waals surface area contributed by atoms with Crippen molar-refractivity contribution < 1.29 is 18.7 Å². The van der Waals surface area contributed by atoms with Crippen LogP contribution in [0.4, 0.5) is 10.1 Å². The van der Waals surface area contributed by atoms with E-state index in [4.69, 9.17) is 9.47 Å². The highest BCUT2D eigenvalue weighted by molar-refractivity contribution is 5.92. The number of hydrogen-bond acceptors (Lipinski definition) is 4. The van der Waals surface area contributed by atoms with Crippen LogP contribution in [0.2, 0.25) is 0 Å². The van der Waals surface area contributed by atoms with Crippen LogP contribution in [0.15, 0.2) is 18.2 Å². The van der Waals surface area contributed by atoms with Crippen molar-refractivity contribution in [3.05, 3.63) is 24.0 Å². The second kappa shape index (κ2) is 7.75. The van der Waals surface area contributed by atoms with Gasteiger partial charge in [-0.1, -0.05) is 0 Å². The lowest BCUT2D eigenvalue weighted by atomic mass is 10.1. The van der Waals surface area contributed by atoms with E-state index in [1.165, 1.54) is 12.1 Å². The van der Waals surface area contributed by atoms with Crippen molar-refractivity contribution in [2.24, 2.45) is 0 Å². The molecule has 0 saturated carbocycles. The number of carbonyl (C=O) groups excluding carboxylic acids is 1. The Balaban J connectivity index is 1.59. The zero-order valence-corrected chi connectivity index (χ0v) is 13.1. The Labute approximate surface area is 135 Å². The second-order valence-corrected chi connectivity index (χ2v) is 6.13. The van der Waals surface area contributed by atoms with Gasteiger partial charge in [0.05, 0.1) is 11.8 Å². The summed E-state index contributed by atoms with van der Waals surface area (Å²) in [4.78, 5) is 12.1. The number of ether oxygens (including phenoxy) is 2. The predicted molar refractivity (Wildman–Crippen MR) is 85.1 cm³/mol. The fourth-order valence-corrected chi connectivity index (χ4v) is 3.04. The second-order valence-electron chi connectivity index (χ2n) is 6.13. The molecule has 2 fully saturated rings. The molecule has 126 valence electrons. The quantitative estimate of drug-likeness (QED) is 0.845. The number of rotatable bonds is 6. The van der Waals surface area contributed by atoms with Crippen molar-refractivity contribution in [1.29, 1.82) is 0 Å². The Morgan fingerprint density at radius 1 is 1.39 bits per heavy atom. The van der Waals surface area contributed by atoms with Crippen molar-refractivity contribution >= 4 is 11.6 Å². The van der Waals surface area contributed by atoms with Gasteiger partial charge in [-0.15, -0.1) is 0 Å². The van der Waals surface area contributed by atoms with Crippen LogP contribution in [0.3, 0.4) is 0 Å². The van der Waals surface area contributed by atoms with Crippen molar-refractivity contribution in [3.63, 3.8) is 0 Å². The molecule has 2 N–H and O–H groups in total. The summed E-state index contributed by atoms with van der Waals surface area (Å²) < 4.78 is 24.7. The summed E-state index contributed by atoms with van der Waals surface area (Å²) in [5, 5.41) is 6.05. The van der Waals surface area contributed by atoms with E-state index in [-0.39, 0.29) is 18.1 Å². The molecule has 1 aromatic rings. The van der Waals surface area contributed by atoms with Gasteiger partial charge in [0.15, 0.2) is 0 Å². The summed E-state index contributed by atoms with van der Waals surface area (Å²) in [6.07, 6.45) is 4.56. The molecule has 2 saturated heterocycles. The number of nitrogens with one attached hydrogen (secondary N) is 2. The van der Waals surface area contributed by atoms with Gasteiger partial charge in [0.2, 0.25) is 5.91 Å². The first kappa shape index (κ1) is 16.2. The molecule has 2 heterocycles. The van der Waals surface area contributed by atoms with Crippen molar-refractivity contribution in [1.82, 2.24) is 5.32 Å². The maximum absolute atomic E-state index is 13.5. The van der Waals surface area contributed by atoms with Crippen LogP contribution in [-0.4, -0.2) is 37.8 Å². The SMILES string of the molecule is O=C(CC1CCCN1)Nc1cc(F)ccc1OCC1CCCO1. The molecule has 0 spiro atoms. The molecule has 2 aliphatic rings. The van der Waals surface area contributed by atoms with E-state index in [1.807, 2.05) is 0 Å². The first-order valence-corrected chi connectivity index (χ1v) is 8.28. The maximum atomic E-state index is 13.5.